The Labute approximate surface area is 216 Å². The number of carbonyl (C=O) groups is 1. The Balaban J connectivity index is 1.37. The van der Waals surface area contributed by atoms with E-state index in [4.69, 9.17) is 4.74 Å². The number of hydrogen-bond acceptors (Lipinski definition) is 7. The third kappa shape index (κ3) is 6.53. The van der Waals surface area contributed by atoms with Crippen molar-refractivity contribution in [2.45, 2.75) is 17.3 Å². The van der Waals surface area contributed by atoms with E-state index >= 15 is 0 Å². The summed E-state index contributed by atoms with van der Waals surface area (Å²) >= 11 is 3.02. The monoisotopic (exact) mass is 517 g/mol. The molecule has 2 amide bonds. The van der Waals surface area contributed by atoms with Crippen molar-refractivity contribution in [3.63, 3.8) is 0 Å². The van der Waals surface area contributed by atoms with Crippen molar-refractivity contribution in [1.82, 2.24) is 15.3 Å². The molecule has 10 heteroatoms. The first kappa shape index (κ1) is 25.0. The van der Waals surface area contributed by atoms with E-state index in [-0.39, 0.29) is 11.6 Å². The number of aromatic nitrogens is 2. The maximum Gasteiger partial charge on any atom is 0.319 e. The van der Waals surface area contributed by atoms with Crippen LogP contribution >= 0.6 is 23.1 Å². The zero-order chi connectivity index (χ0) is 25.3. The van der Waals surface area contributed by atoms with Gasteiger partial charge in [0.1, 0.15) is 17.4 Å². The normalized spacial score (nSPS) is 10.4. The largest absolute Gasteiger partial charge is 0.497 e. The minimum atomic E-state index is -0.488. The summed E-state index contributed by atoms with van der Waals surface area (Å²) < 4.78 is 5.25. The van der Waals surface area contributed by atoms with Gasteiger partial charge in [0, 0.05) is 28.4 Å². The lowest BCUT2D eigenvalue weighted by atomic mass is 10.1. The predicted octanol–water partition coefficient (Wildman–Crippen LogP) is 5.04. The SMILES string of the molecule is COc1cccc(-c2nc(SCc3ccc(NC(=O)NCCc4cccs4)cc3)[nH]c(=O)c2C#N)c1. The van der Waals surface area contributed by atoms with Gasteiger partial charge in [0.15, 0.2) is 5.16 Å². The Morgan fingerprint density at radius 1 is 1.19 bits per heavy atom. The van der Waals surface area contributed by atoms with Gasteiger partial charge in [-0.3, -0.25) is 4.79 Å². The van der Waals surface area contributed by atoms with Crippen molar-refractivity contribution in [1.29, 1.82) is 5.26 Å². The first-order valence-electron chi connectivity index (χ1n) is 11.0. The Kier molecular flexibility index (Phi) is 8.39. The topological polar surface area (TPSA) is 120 Å². The number of benzene rings is 2. The molecule has 2 aromatic heterocycles. The molecule has 0 radical (unpaired) electrons. The molecular weight excluding hydrogens is 494 g/mol. The summed E-state index contributed by atoms with van der Waals surface area (Å²) in [4.78, 5) is 33.1. The lowest BCUT2D eigenvalue weighted by Gasteiger charge is -2.09. The van der Waals surface area contributed by atoms with E-state index < -0.39 is 5.56 Å². The van der Waals surface area contributed by atoms with Gasteiger partial charge in [0.05, 0.1) is 12.8 Å². The Bertz CT molecular complexity index is 1430. The van der Waals surface area contributed by atoms with Gasteiger partial charge in [0.2, 0.25) is 0 Å². The summed E-state index contributed by atoms with van der Waals surface area (Å²) in [6.45, 7) is 0.564. The maximum atomic E-state index is 12.5. The summed E-state index contributed by atoms with van der Waals surface area (Å²) in [6, 6.07) is 20.3. The highest BCUT2D eigenvalue weighted by atomic mass is 32.2. The number of ether oxygens (including phenoxy) is 1. The van der Waals surface area contributed by atoms with Crippen molar-refractivity contribution in [3.8, 4) is 23.1 Å². The zero-order valence-corrected chi connectivity index (χ0v) is 21.0. The van der Waals surface area contributed by atoms with Crippen LogP contribution in [-0.4, -0.2) is 29.7 Å². The van der Waals surface area contributed by atoms with Crippen LogP contribution in [0.2, 0.25) is 0 Å². The van der Waals surface area contributed by atoms with Crippen molar-refractivity contribution in [3.05, 3.63) is 92.4 Å². The van der Waals surface area contributed by atoms with Gasteiger partial charge in [0.25, 0.3) is 5.56 Å². The number of thiophene rings is 1. The number of thioether (sulfide) groups is 1. The number of nitrogens with one attached hydrogen (secondary N) is 3. The number of aromatic amines is 1. The Morgan fingerprint density at radius 2 is 2.03 bits per heavy atom. The fraction of sp³-hybridized carbons (Fsp3) is 0.154. The maximum absolute atomic E-state index is 12.5. The fourth-order valence-corrected chi connectivity index (χ4v) is 4.89. The summed E-state index contributed by atoms with van der Waals surface area (Å²) in [6.07, 6.45) is 0.798. The summed E-state index contributed by atoms with van der Waals surface area (Å²) in [5, 5.41) is 17.6. The molecule has 0 fully saturated rings. The van der Waals surface area contributed by atoms with Gasteiger partial charge in [-0.15, -0.1) is 11.3 Å². The molecule has 4 aromatic rings. The molecule has 0 spiro atoms. The molecule has 36 heavy (non-hydrogen) atoms. The van der Waals surface area contributed by atoms with Crippen molar-refractivity contribution in [2.75, 3.05) is 19.0 Å². The van der Waals surface area contributed by atoms with Crippen LogP contribution in [0, 0.1) is 11.3 Å². The summed E-state index contributed by atoms with van der Waals surface area (Å²) in [5.74, 6) is 1.15. The molecule has 0 atom stereocenters. The van der Waals surface area contributed by atoms with Gasteiger partial charge < -0.3 is 20.4 Å². The van der Waals surface area contributed by atoms with E-state index in [0.717, 1.165) is 12.0 Å². The molecule has 0 aliphatic carbocycles. The number of hydrogen-bond donors (Lipinski definition) is 3. The van der Waals surface area contributed by atoms with Gasteiger partial charge in [-0.1, -0.05) is 42.1 Å². The number of nitrogens with zero attached hydrogens (tertiary/aromatic N) is 2. The average molecular weight is 518 g/mol. The molecule has 182 valence electrons. The highest BCUT2D eigenvalue weighted by Gasteiger charge is 2.14. The van der Waals surface area contributed by atoms with Crippen LogP contribution in [0.5, 0.6) is 5.75 Å². The number of H-pyrrole nitrogens is 1. The minimum Gasteiger partial charge on any atom is -0.497 e. The molecule has 3 N–H and O–H groups in total. The van der Waals surface area contributed by atoms with E-state index in [1.54, 1.807) is 42.7 Å². The van der Waals surface area contributed by atoms with Crippen LogP contribution < -0.4 is 20.9 Å². The molecular formula is C26H23N5O3S2. The van der Waals surface area contributed by atoms with Gasteiger partial charge in [-0.2, -0.15) is 5.26 Å². The predicted molar refractivity (Wildman–Crippen MR) is 143 cm³/mol. The van der Waals surface area contributed by atoms with Crippen LogP contribution in [0.25, 0.3) is 11.3 Å². The molecule has 0 saturated heterocycles. The average Bonchev–Trinajstić information content (AvgIpc) is 3.41. The molecule has 4 rings (SSSR count). The zero-order valence-electron chi connectivity index (χ0n) is 19.4. The van der Waals surface area contributed by atoms with Crippen molar-refractivity contribution in [2.24, 2.45) is 0 Å². The minimum absolute atomic E-state index is 0.0447. The molecule has 0 saturated carbocycles. The van der Waals surface area contributed by atoms with Crippen LogP contribution in [-0.2, 0) is 12.2 Å². The van der Waals surface area contributed by atoms with Gasteiger partial charge in [-0.25, -0.2) is 9.78 Å². The van der Waals surface area contributed by atoms with Crippen molar-refractivity contribution >= 4 is 34.8 Å². The second-order valence-corrected chi connectivity index (χ2v) is 9.63. The van der Waals surface area contributed by atoms with E-state index in [1.807, 2.05) is 47.8 Å². The highest BCUT2D eigenvalue weighted by molar-refractivity contribution is 7.98. The van der Waals surface area contributed by atoms with E-state index in [9.17, 15) is 14.9 Å². The third-order valence-corrected chi connectivity index (χ3v) is 7.06. The Hall–Kier alpha value is -4.07. The third-order valence-electron chi connectivity index (χ3n) is 5.18. The number of nitriles is 1. The van der Waals surface area contributed by atoms with E-state index in [0.29, 0.717) is 40.1 Å². The van der Waals surface area contributed by atoms with E-state index in [1.165, 1.54) is 16.6 Å². The van der Waals surface area contributed by atoms with Crippen molar-refractivity contribution < 1.29 is 9.53 Å². The first-order valence-corrected chi connectivity index (χ1v) is 12.9. The number of urea groups is 1. The highest BCUT2D eigenvalue weighted by Crippen LogP contribution is 2.26. The molecule has 0 bridgehead atoms. The number of rotatable bonds is 9. The summed E-state index contributed by atoms with van der Waals surface area (Å²) in [7, 11) is 1.55. The summed E-state index contributed by atoms with van der Waals surface area (Å²) in [5.41, 5.74) is 2.07. The molecule has 2 aromatic carbocycles. The second-order valence-electron chi connectivity index (χ2n) is 7.63. The molecule has 0 aliphatic heterocycles. The lowest BCUT2D eigenvalue weighted by molar-refractivity contribution is 0.252. The number of carbonyl (C=O) groups excluding carboxylic acids is 1. The first-order chi connectivity index (χ1) is 17.6. The second kappa shape index (κ2) is 12.1. The molecule has 0 unspecified atom stereocenters. The number of methoxy groups -OCH3 is 1. The molecule has 2 heterocycles. The standard InChI is InChI=1S/C26H23N5O3S2/c1-34-20-5-2-4-18(14-20)23-22(15-27)24(32)31-26(30-23)36-16-17-7-9-19(10-8-17)29-25(33)28-12-11-21-6-3-13-35-21/h2-10,13-14H,11-12,16H2,1H3,(H2,28,29,33)(H,30,31,32). The molecule has 8 nitrogen and oxygen atoms in total. The number of anilines is 1. The van der Waals surface area contributed by atoms with Crippen LogP contribution in [0.1, 0.15) is 16.0 Å². The van der Waals surface area contributed by atoms with Crippen LogP contribution in [0.4, 0.5) is 10.5 Å². The van der Waals surface area contributed by atoms with Gasteiger partial charge >= 0.3 is 6.03 Å². The number of amides is 2. The van der Waals surface area contributed by atoms with Crippen LogP contribution in [0.15, 0.2) is 76.0 Å². The van der Waals surface area contributed by atoms with Crippen LogP contribution in [0.3, 0.4) is 0 Å². The van der Waals surface area contributed by atoms with Gasteiger partial charge in [-0.05, 0) is 47.7 Å². The smallest absolute Gasteiger partial charge is 0.319 e. The quantitative estimate of drug-likeness (QED) is 0.211. The van der Waals surface area contributed by atoms with E-state index in [2.05, 4.69) is 20.6 Å². The Morgan fingerprint density at radius 3 is 2.75 bits per heavy atom. The fourth-order valence-electron chi connectivity index (χ4n) is 3.37. The lowest BCUT2D eigenvalue weighted by Crippen LogP contribution is -2.30. The molecule has 0 aliphatic rings.